The number of pyridine rings is 1. The monoisotopic (exact) mass is 348 g/mol. The first-order valence-electron chi connectivity index (χ1n) is 7.92. The van der Waals surface area contributed by atoms with Gasteiger partial charge in [0.1, 0.15) is 0 Å². The minimum absolute atomic E-state index is 0.610. The first-order valence-corrected chi connectivity index (χ1v) is 8.80. The lowest BCUT2D eigenvalue weighted by Crippen LogP contribution is -2.09. The van der Waals surface area contributed by atoms with Crippen LogP contribution in [-0.2, 0) is 6.42 Å². The highest BCUT2D eigenvalue weighted by molar-refractivity contribution is 7.13. The fraction of sp³-hybridized carbons (Fsp3) is 0.111. The van der Waals surface area contributed by atoms with Crippen molar-refractivity contribution in [3.8, 4) is 21.7 Å². The molecule has 0 aromatic carbocycles. The highest BCUT2D eigenvalue weighted by Crippen LogP contribution is 2.33. The lowest BCUT2D eigenvalue weighted by molar-refractivity contribution is 0.954. The van der Waals surface area contributed by atoms with Gasteiger partial charge in [-0.3, -0.25) is 4.98 Å². The van der Waals surface area contributed by atoms with Gasteiger partial charge in [0.05, 0.1) is 12.0 Å². The van der Waals surface area contributed by atoms with Gasteiger partial charge in [-0.25, -0.2) is 15.0 Å². The van der Waals surface area contributed by atoms with Crippen LogP contribution in [0.2, 0.25) is 0 Å². The van der Waals surface area contributed by atoms with Crippen molar-refractivity contribution in [1.82, 2.24) is 24.9 Å². The van der Waals surface area contributed by atoms with Gasteiger partial charge in [-0.15, -0.1) is 11.3 Å². The number of thiophene rings is 1. The standard InChI is InChI=1S/C18H16N6S/c1-3-13(9-19-6-1)17-15(16-4-2-8-25-16)11-22-18(24-17)21-7-5-14-10-20-12-23-14/h1-4,6,8-12H,5,7H2,(H,20,23)(H,21,22,24). The van der Waals surface area contributed by atoms with Crippen molar-refractivity contribution in [3.05, 3.63) is 66.5 Å². The molecular weight excluding hydrogens is 332 g/mol. The maximum Gasteiger partial charge on any atom is 0.223 e. The van der Waals surface area contributed by atoms with E-state index in [1.807, 2.05) is 36.8 Å². The zero-order valence-corrected chi connectivity index (χ0v) is 14.2. The van der Waals surface area contributed by atoms with Crippen molar-refractivity contribution >= 4 is 17.3 Å². The number of H-pyrrole nitrogens is 1. The van der Waals surface area contributed by atoms with Gasteiger partial charge in [0.25, 0.3) is 0 Å². The van der Waals surface area contributed by atoms with Crippen LogP contribution in [-0.4, -0.2) is 31.5 Å². The molecule has 0 saturated heterocycles. The van der Waals surface area contributed by atoms with Crippen LogP contribution in [0.15, 0.2) is 60.8 Å². The lowest BCUT2D eigenvalue weighted by atomic mass is 10.1. The van der Waals surface area contributed by atoms with E-state index in [9.17, 15) is 0 Å². The maximum absolute atomic E-state index is 4.74. The van der Waals surface area contributed by atoms with Crippen LogP contribution >= 0.6 is 11.3 Å². The van der Waals surface area contributed by atoms with E-state index in [-0.39, 0.29) is 0 Å². The van der Waals surface area contributed by atoms with E-state index < -0.39 is 0 Å². The van der Waals surface area contributed by atoms with Crippen molar-refractivity contribution in [2.75, 3.05) is 11.9 Å². The van der Waals surface area contributed by atoms with Gasteiger partial charge in [0.15, 0.2) is 0 Å². The quantitative estimate of drug-likeness (QED) is 0.556. The summed E-state index contributed by atoms with van der Waals surface area (Å²) in [6, 6.07) is 8.04. The molecule has 4 rings (SSSR count). The maximum atomic E-state index is 4.74. The number of imidazole rings is 1. The van der Waals surface area contributed by atoms with Gasteiger partial charge in [-0.1, -0.05) is 6.07 Å². The van der Waals surface area contributed by atoms with Gasteiger partial charge in [-0.2, -0.15) is 0 Å². The van der Waals surface area contributed by atoms with E-state index in [0.29, 0.717) is 5.95 Å². The summed E-state index contributed by atoms with van der Waals surface area (Å²) in [5.74, 6) is 0.610. The minimum Gasteiger partial charge on any atom is -0.354 e. The van der Waals surface area contributed by atoms with Crippen molar-refractivity contribution in [2.24, 2.45) is 0 Å². The third-order valence-corrected chi connectivity index (χ3v) is 4.65. The second kappa shape index (κ2) is 7.23. The number of anilines is 1. The molecule has 0 saturated carbocycles. The van der Waals surface area contributed by atoms with Crippen molar-refractivity contribution in [2.45, 2.75) is 6.42 Å². The Balaban J connectivity index is 1.61. The molecule has 6 nitrogen and oxygen atoms in total. The summed E-state index contributed by atoms with van der Waals surface area (Å²) in [4.78, 5) is 21.7. The van der Waals surface area contributed by atoms with E-state index >= 15 is 0 Å². The number of hydrogen-bond donors (Lipinski definition) is 2. The molecule has 124 valence electrons. The predicted molar refractivity (Wildman–Crippen MR) is 99.4 cm³/mol. The molecule has 0 amide bonds. The zero-order chi connectivity index (χ0) is 16.9. The third kappa shape index (κ3) is 3.56. The molecule has 0 aliphatic rings. The van der Waals surface area contributed by atoms with Crippen LogP contribution in [0.1, 0.15) is 5.69 Å². The fourth-order valence-electron chi connectivity index (χ4n) is 2.53. The van der Waals surface area contributed by atoms with Gasteiger partial charge in [0, 0.05) is 59.5 Å². The highest BCUT2D eigenvalue weighted by atomic mass is 32.1. The first-order chi connectivity index (χ1) is 12.4. The highest BCUT2D eigenvalue weighted by Gasteiger charge is 2.12. The Hall–Kier alpha value is -3.06. The van der Waals surface area contributed by atoms with E-state index in [1.165, 1.54) is 0 Å². The van der Waals surface area contributed by atoms with E-state index in [2.05, 4.69) is 36.7 Å². The topological polar surface area (TPSA) is 79.4 Å². The van der Waals surface area contributed by atoms with Gasteiger partial charge in [0.2, 0.25) is 5.95 Å². The normalized spacial score (nSPS) is 10.7. The van der Waals surface area contributed by atoms with E-state index in [0.717, 1.165) is 40.4 Å². The minimum atomic E-state index is 0.610. The summed E-state index contributed by atoms with van der Waals surface area (Å²) in [5, 5.41) is 5.33. The predicted octanol–water partition coefficient (Wildman–Crippen LogP) is 3.64. The molecule has 25 heavy (non-hydrogen) atoms. The first kappa shape index (κ1) is 15.5. The molecule has 0 fully saturated rings. The average Bonchev–Trinajstić information content (AvgIpc) is 3.36. The molecule has 0 unspecified atom stereocenters. The fourth-order valence-corrected chi connectivity index (χ4v) is 3.27. The molecule has 4 aromatic heterocycles. The second-order valence-corrected chi connectivity index (χ2v) is 6.38. The Labute approximate surface area is 149 Å². The van der Waals surface area contributed by atoms with Crippen molar-refractivity contribution in [3.63, 3.8) is 0 Å². The number of hydrogen-bond acceptors (Lipinski definition) is 6. The molecule has 4 heterocycles. The van der Waals surface area contributed by atoms with Gasteiger partial charge < -0.3 is 10.3 Å². The SMILES string of the molecule is c1cncc(-c2nc(NCCc3cnc[nH]3)ncc2-c2cccs2)c1. The number of nitrogens with one attached hydrogen (secondary N) is 2. The summed E-state index contributed by atoms with van der Waals surface area (Å²) < 4.78 is 0. The zero-order valence-electron chi connectivity index (χ0n) is 13.4. The molecule has 0 bridgehead atoms. The Morgan fingerprint density at radius 2 is 2.08 bits per heavy atom. The Bertz CT molecular complexity index is 920. The Morgan fingerprint density at radius 3 is 2.84 bits per heavy atom. The molecule has 4 aromatic rings. The van der Waals surface area contributed by atoms with Crippen LogP contribution in [0.4, 0.5) is 5.95 Å². The largest absolute Gasteiger partial charge is 0.354 e. The molecular formula is C18H16N6S. The van der Waals surface area contributed by atoms with E-state index in [4.69, 9.17) is 4.98 Å². The number of rotatable bonds is 6. The third-order valence-electron chi connectivity index (χ3n) is 3.74. The van der Waals surface area contributed by atoms with Crippen LogP contribution in [0, 0.1) is 0 Å². The summed E-state index contributed by atoms with van der Waals surface area (Å²) in [7, 11) is 0. The summed E-state index contributed by atoms with van der Waals surface area (Å²) in [6.45, 7) is 0.729. The number of aromatic nitrogens is 5. The molecule has 0 atom stereocenters. The van der Waals surface area contributed by atoms with Crippen LogP contribution < -0.4 is 5.32 Å². The molecule has 2 N–H and O–H groups in total. The van der Waals surface area contributed by atoms with Crippen LogP contribution in [0.3, 0.4) is 0 Å². The molecule has 0 aliphatic heterocycles. The average molecular weight is 348 g/mol. The van der Waals surface area contributed by atoms with Crippen molar-refractivity contribution < 1.29 is 0 Å². The number of nitrogens with zero attached hydrogens (tertiary/aromatic N) is 4. The Morgan fingerprint density at radius 1 is 1.08 bits per heavy atom. The van der Waals surface area contributed by atoms with E-state index in [1.54, 1.807) is 23.9 Å². The van der Waals surface area contributed by atoms with Crippen molar-refractivity contribution in [1.29, 1.82) is 0 Å². The number of aromatic amines is 1. The van der Waals surface area contributed by atoms with Gasteiger partial charge in [-0.05, 0) is 23.6 Å². The lowest BCUT2D eigenvalue weighted by Gasteiger charge is -2.10. The molecule has 0 aliphatic carbocycles. The smallest absolute Gasteiger partial charge is 0.223 e. The molecule has 0 spiro atoms. The van der Waals surface area contributed by atoms with Crippen LogP contribution in [0.5, 0.6) is 0 Å². The summed E-state index contributed by atoms with van der Waals surface area (Å²) in [6.07, 6.45) is 9.80. The Kier molecular flexibility index (Phi) is 4.47. The molecule has 0 radical (unpaired) electrons. The molecule has 7 heteroatoms. The summed E-state index contributed by atoms with van der Waals surface area (Å²) >= 11 is 1.67. The van der Waals surface area contributed by atoms with Gasteiger partial charge >= 0.3 is 0 Å². The second-order valence-electron chi connectivity index (χ2n) is 5.43. The summed E-state index contributed by atoms with van der Waals surface area (Å²) in [5.41, 5.74) is 3.96. The van der Waals surface area contributed by atoms with Crippen LogP contribution in [0.25, 0.3) is 21.7 Å².